The first kappa shape index (κ1) is 17.2. The van der Waals surface area contributed by atoms with Crippen LogP contribution in [0.4, 0.5) is 0 Å². The number of esters is 1. The maximum Gasteiger partial charge on any atom is 0.342 e. The molecule has 0 radical (unpaired) electrons. The lowest BCUT2D eigenvalue weighted by molar-refractivity contribution is 0.0525. The van der Waals surface area contributed by atoms with Gasteiger partial charge in [0.1, 0.15) is 5.56 Å². The van der Waals surface area contributed by atoms with Gasteiger partial charge in [-0.1, -0.05) is 37.1 Å². The summed E-state index contributed by atoms with van der Waals surface area (Å²) in [6.07, 6.45) is 5.31. The average molecular weight is 316 g/mol. The molecule has 20 heavy (non-hydrogen) atoms. The number of carbonyl (C=O) groups excluding carboxylic acids is 1. The monoisotopic (exact) mass is 315 g/mol. The van der Waals surface area contributed by atoms with Crippen molar-refractivity contribution in [2.75, 3.05) is 6.61 Å². The van der Waals surface area contributed by atoms with E-state index in [0.29, 0.717) is 18.1 Å². The van der Waals surface area contributed by atoms with Gasteiger partial charge in [-0.2, -0.15) is 4.37 Å². The minimum absolute atomic E-state index is 0.278. The molecule has 0 saturated carbocycles. The molecule has 1 atom stereocenters. The van der Waals surface area contributed by atoms with E-state index in [1.165, 1.54) is 17.1 Å². The summed E-state index contributed by atoms with van der Waals surface area (Å²) < 4.78 is 9.15. The standard InChI is InChI=1S/C13H16ClNO2S.C2H6/c1-3-17-13(16)10-11(18-15-12(10)14)9-6-4-8(2)5-7-9;1-2/h4,9H,3,5-7H2,1-2H3;1-2H3. The van der Waals surface area contributed by atoms with E-state index in [1.807, 2.05) is 13.8 Å². The van der Waals surface area contributed by atoms with E-state index in [4.69, 9.17) is 16.3 Å². The normalized spacial score (nSPS) is 17.9. The van der Waals surface area contributed by atoms with Gasteiger partial charge >= 0.3 is 5.97 Å². The van der Waals surface area contributed by atoms with E-state index < -0.39 is 0 Å². The molecule has 0 spiro atoms. The number of carbonyl (C=O) groups is 1. The van der Waals surface area contributed by atoms with Crippen molar-refractivity contribution in [3.8, 4) is 0 Å². The van der Waals surface area contributed by atoms with Gasteiger partial charge in [-0.3, -0.25) is 0 Å². The number of nitrogens with zero attached hydrogens (tertiary/aromatic N) is 1. The third-order valence-corrected chi connectivity index (χ3v) is 4.55. The van der Waals surface area contributed by atoms with Crippen LogP contribution in [0.25, 0.3) is 0 Å². The molecule has 0 saturated heterocycles. The van der Waals surface area contributed by atoms with Crippen LogP contribution in [0.2, 0.25) is 5.15 Å². The summed E-state index contributed by atoms with van der Waals surface area (Å²) >= 11 is 7.33. The van der Waals surface area contributed by atoms with Gasteiger partial charge in [0.15, 0.2) is 5.15 Å². The Labute approximate surface area is 130 Å². The topological polar surface area (TPSA) is 39.2 Å². The molecule has 1 aliphatic rings. The van der Waals surface area contributed by atoms with Crippen LogP contribution in [0.3, 0.4) is 0 Å². The molecule has 0 aromatic carbocycles. The molecule has 2 rings (SSSR count). The summed E-state index contributed by atoms with van der Waals surface area (Å²) in [6.45, 7) is 8.29. The number of rotatable bonds is 3. The first-order valence-corrected chi connectivity index (χ1v) is 8.26. The van der Waals surface area contributed by atoms with E-state index >= 15 is 0 Å². The number of hydrogen-bond donors (Lipinski definition) is 0. The fourth-order valence-electron chi connectivity index (χ4n) is 2.15. The number of allylic oxidation sites excluding steroid dienone is 2. The highest BCUT2D eigenvalue weighted by atomic mass is 35.5. The van der Waals surface area contributed by atoms with E-state index in [9.17, 15) is 4.79 Å². The predicted octanol–water partition coefficient (Wildman–Crippen LogP) is 5.21. The number of hydrogen-bond acceptors (Lipinski definition) is 4. The van der Waals surface area contributed by atoms with Gasteiger partial charge in [0, 0.05) is 4.88 Å². The van der Waals surface area contributed by atoms with E-state index in [2.05, 4.69) is 17.4 Å². The zero-order valence-corrected chi connectivity index (χ0v) is 14.1. The Kier molecular flexibility index (Phi) is 7.24. The Morgan fingerprint density at radius 1 is 1.55 bits per heavy atom. The van der Waals surface area contributed by atoms with Gasteiger partial charge < -0.3 is 4.74 Å². The average Bonchev–Trinajstić information content (AvgIpc) is 2.84. The molecule has 0 fully saturated rings. The number of ether oxygens (including phenoxy) is 1. The number of aromatic nitrogens is 1. The molecular formula is C15H22ClNO2S. The Morgan fingerprint density at radius 2 is 2.25 bits per heavy atom. The lowest BCUT2D eigenvalue weighted by atomic mass is 9.88. The van der Waals surface area contributed by atoms with Gasteiger partial charge in [-0.25, -0.2) is 4.79 Å². The van der Waals surface area contributed by atoms with Gasteiger partial charge in [0.25, 0.3) is 0 Å². The molecule has 1 heterocycles. The van der Waals surface area contributed by atoms with Gasteiger partial charge in [0.2, 0.25) is 0 Å². The maximum absolute atomic E-state index is 11.9. The van der Waals surface area contributed by atoms with Crippen LogP contribution in [0.1, 0.15) is 68.1 Å². The molecule has 0 amide bonds. The molecule has 0 bridgehead atoms. The smallest absolute Gasteiger partial charge is 0.342 e. The molecule has 0 aliphatic heterocycles. The zero-order chi connectivity index (χ0) is 15.1. The van der Waals surface area contributed by atoms with Crippen LogP contribution in [0.5, 0.6) is 0 Å². The van der Waals surface area contributed by atoms with Crippen molar-refractivity contribution in [3.05, 3.63) is 27.2 Å². The lowest BCUT2D eigenvalue weighted by Gasteiger charge is -2.19. The summed E-state index contributed by atoms with van der Waals surface area (Å²) in [5, 5.41) is 0.278. The predicted molar refractivity (Wildman–Crippen MR) is 84.8 cm³/mol. The van der Waals surface area contributed by atoms with Gasteiger partial charge in [-0.05, 0) is 50.6 Å². The van der Waals surface area contributed by atoms with Crippen molar-refractivity contribution in [3.63, 3.8) is 0 Å². The van der Waals surface area contributed by atoms with Gasteiger partial charge in [-0.15, -0.1) is 0 Å². The second-order valence-electron chi connectivity index (χ2n) is 4.45. The van der Waals surface area contributed by atoms with Crippen LogP contribution in [0, 0.1) is 0 Å². The fraction of sp³-hybridized carbons (Fsp3) is 0.600. The van der Waals surface area contributed by atoms with Crippen molar-refractivity contribution >= 4 is 29.1 Å². The molecule has 1 aromatic heterocycles. The Balaban J connectivity index is 0.000000956. The van der Waals surface area contributed by atoms with Crippen molar-refractivity contribution in [2.45, 2.75) is 52.9 Å². The molecule has 0 N–H and O–H groups in total. The third kappa shape index (κ3) is 4.06. The molecule has 3 nitrogen and oxygen atoms in total. The summed E-state index contributed by atoms with van der Waals surface area (Å²) in [7, 11) is 0. The Bertz CT molecular complexity index is 482. The van der Waals surface area contributed by atoms with Crippen LogP contribution in [-0.2, 0) is 4.74 Å². The molecular weight excluding hydrogens is 294 g/mol. The summed E-state index contributed by atoms with van der Waals surface area (Å²) in [5.41, 5.74) is 1.89. The first-order valence-electron chi connectivity index (χ1n) is 7.11. The Hall–Kier alpha value is -0.870. The van der Waals surface area contributed by atoms with Crippen molar-refractivity contribution in [1.82, 2.24) is 4.37 Å². The summed E-state index contributed by atoms with van der Waals surface area (Å²) in [5.74, 6) is -0.00405. The van der Waals surface area contributed by atoms with Crippen LogP contribution in [-0.4, -0.2) is 16.9 Å². The molecule has 1 unspecified atom stereocenters. The summed E-state index contributed by atoms with van der Waals surface area (Å²) in [4.78, 5) is 12.9. The molecule has 1 aromatic rings. The van der Waals surface area contributed by atoms with E-state index in [-0.39, 0.29) is 11.1 Å². The molecule has 1 aliphatic carbocycles. The fourth-order valence-corrected chi connectivity index (χ4v) is 3.40. The second-order valence-corrected chi connectivity index (χ2v) is 5.62. The summed E-state index contributed by atoms with van der Waals surface area (Å²) in [6, 6.07) is 0. The first-order chi connectivity index (χ1) is 9.63. The van der Waals surface area contributed by atoms with Crippen molar-refractivity contribution in [2.24, 2.45) is 0 Å². The highest BCUT2D eigenvalue weighted by Gasteiger charge is 2.27. The lowest BCUT2D eigenvalue weighted by Crippen LogP contribution is -2.10. The highest BCUT2D eigenvalue weighted by molar-refractivity contribution is 7.06. The third-order valence-electron chi connectivity index (χ3n) is 3.17. The second kappa shape index (κ2) is 8.42. The minimum Gasteiger partial charge on any atom is -0.462 e. The van der Waals surface area contributed by atoms with Crippen molar-refractivity contribution in [1.29, 1.82) is 0 Å². The SMILES string of the molecule is CC.CCOC(=O)c1c(Cl)nsc1C1CC=C(C)CC1. The Morgan fingerprint density at radius 3 is 2.80 bits per heavy atom. The highest BCUT2D eigenvalue weighted by Crippen LogP contribution is 2.38. The quantitative estimate of drug-likeness (QED) is 0.567. The zero-order valence-electron chi connectivity index (χ0n) is 12.5. The minimum atomic E-state index is -0.350. The largest absolute Gasteiger partial charge is 0.462 e. The van der Waals surface area contributed by atoms with Gasteiger partial charge in [0.05, 0.1) is 6.61 Å². The maximum atomic E-state index is 11.9. The molecule has 5 heteroatoms. The number of halogens is 1. The van der Waals surface area contributed by atoms with Crippen molar-refractivity contribution < 1.29 is 9.53 Å². The van der Waals surface area contributed by atoms with E-state index in [0.717, 1.165) is 24.1 Å². The van der Waals surface area contributed by atoms with Crippen LogP contribution < -0.4 is 0 Å². The van der Waals surface area contributed by atoms with Crippen LogP contribution in [0.15, 0.2) is 11.6 Å². The van der Waals surface area contributed by atoms with E-state index in [1.54, 1.807) is 6.92 Å². The molecule has 112 valence electrons. The van der Waals surface area contributed by atoms with Crippen LogP contribution >= 0.6 is 23.1 Å².